The van der Waals surface area contributed by atoms with Crippen LogP contribution in [-0.4, -0.2) is 60.7 Å². The van der Waals surface area contributed by atoms with Gasteiger partial charge in [-0.3, -0.25) is 4.90 Å². The lowest BCUT2D eigenvalue weighted by atomic mass is 10.2. The molecule has 0 fully saturated rings. The number of unbranched alkanes of at least 4 members (excludes halogenated alkanes) is 1. The van der Waals surface area contributed by atoms with E-state index in [4.69, 9.17) is 9.84 Å². The van der Waals surface area contributed by atoms with Crippen LogP contribution in [0.25, 0.3) is 0 Å². The molecule has 2 N–H and O–H groups in total. The van der Waals surface area contributed by atoms with Gasteiger partial charge in [0.15, 0.2) is 0 Å². The average molecular weight is 219 g/mol. The number of hydrogen-bond acceptors (Lipinski definition) is 4. The number of ether oxygens (including phenoxy) is 1. The molecule has 0 radical (unpaired) electrons. The van der Waals surface area contributed by atoms with Gasteiger partial charge in [0.05, 0.1) is 19.3 Å². The van der Waals surface area contributed by atoms with Crippen LogP contribution in [0.15, 0.2) is 0 Å². The first-order valence-corrected chi connectivity index (χ1v) is 5.83. The zero-order chi connectivity index (χ0) is 11.5. The predicted octanol–water partition coefficient (Wildman–Crippen LogP) is 0.478. The molecule has 0 saturated carbocycles. The summed E-state index contributed by atoms with van der Waals surface area (Å²) in [5.41, 5.74) is 0. The summed E-state index contributed by atoms with van der Waals surface area (Å²) in [6, 6.07) is 0. The summed E-state index contributed by atoms with van der Waals surface area (Å²) in [5.74, 6) is 0. The van der Waals surface area contributed by atoms with Gasteiger partial charge in [-0.2, -0.15) is 0 Å². The van der Waals surface area contributed by atoms with Crippen LogP contribution in [0, 0.1) is 0 Å². The van der Waals surface area contributed by atoms with E-state index in [0.29, 0.717) is 26.3 Å². The number of aliphatic hydroxyl groups excluding tert-OH is 2. The Morgan fingerprint density at radius 1 is 1.27 bits per heavy atom. The van der Waals surface area contributed by atoms with Crippen molar-refractivity contribution in [1.29, 1.82) is 0 Å². The van der Waals surface area contributed by atoms with Gasteiger partial charge in [0, 0.05) is 19.7 Å². The molecule has 0 saturated heterocycles. The molecule has 0 amide bonds. The van der Waals surface area contributed by atoms with Crippen molar-refractivity contribution >= 4 is 0 Å². The Hall–Kier alpha value is -0.160. The molecule has 0 heterocycles. The molecule has 4 heteroatoms. The zero-order valence-electron chi connectivity index (χ0n) is 9.98. The van der Waals surface area contributed by atoms with E-state index >= 15 is 0 Å². The summed E-state index contributed by atoms with van der Waals surface area (Å²) in [4.78, 5) is 2.08. The molecule has 0 rings (SSSR count). The van der Waals surface area contributed by atoms with Crippen molar-refractivity contribution in [3.63, 3.8) is 0 Å². The van der Waals surface area contributed by atoms with E-state index < -0.39 is 6.10 Å². The van der Waals surface area contributed by atoms with E-state index in [-0.39, 0.29) is 6.61 Å². The number of aliphatic hydroxyl groups is 2. The summed E-state index contributed by atoms with van der Waals surface area (Å²) in [7, 11) is 0. The van der Waals surface area contributed by atoms with Gasteiger partial charge >= 0.3 is 0 Å². The van der Waals surface area contributed by atoms with E-state index in [1.165, 1.54) is 0 Å². The summed E-state index contributed by atoms with van der Waals surface area (Å²) < 4.78 is 5.14. The maximum Gasteiger partial charge on any atom is 0.0900 e. The molecule has 0 spiro atoms. The SMILES string of the molecule is CCCCN(CCO)CC(O)COCC. The second-order valence-electron chi connectivity index (χ2n) is 3.69. The summed E-state index contributed by atoms with van der Waals surface area (Å²) in [6.07, 6.45) is 1.78. The summed E-state index contributed by atoms with van der Waals surface area (Å²) in [5, 5.41) is 18.5. The van der Waals surface area contributed by atoms with Crippen molar-refractivity contribution in [2.24, 2.45) is 0 Å². The van der Waals surface area contributed by atoms with Crippen LogP contribution >= 0.6 is 0 Å². The van der Waals surface area contributed by atoms with Crippen molar-refractivity contribution in [3.05, 3.63) is 0 Å². The van der Waals surface area contributed by atoms with Crippen molar-refractivity contribution in [2.75, 3.05) is 39.5 Å². The third kappa shape index (κ3) is 8.81. The fourth-order valence-corrected chi connectivity index (χ4v) is 1.42. The van der Waals surface area contributed by atoms with Crippen molar-refractivity contribution < 1.29 is 14.9 Å². The lowest BCUT2D eigenvalue weighted by Crippen LogP contribution is -2.37. The van der Waals surface area contributed by atoms with E-state index in [1.54, 1.807) is 0 Å². The van der Waals surface area contributed by atoms with Crippen molar-refractivity contribution in [2.45, 2.75) is 32.8 Å². The summed E-state index contributed by atoms with van der Waals surface area (Å²) in [6.45, 7) is 7.34. The Kier molecular flexibility index (Phi) is 10.3. The normalized spacial score (nSPS) is 13.4. The molecule has 1 unspecified atom stereocenters. The third-order valence-electron chi connectivity index (χ3n) is 2.23. The van der Waals surface area contributed by atoms with E-state index in [1.807, 2.05) is 6.92 Å². The standard InChI is InChI=1S/C11H25NO3/c1-3-5-6-12(7-8-13)9-11(14)10-15-4-2/h11,13-14H,3-10H2,1-2H3. The van der Waals surface area contributed by atoms with Crippen LogP contribution < -0.4 is 0 Å². The highest BCUT2D eigenvalue weighted by Crippen LogP contribution is 1.97. The van der Waals surface area contributed by atoms with Crippen LogP contribution in [0.2, 0.25) is 0 Å². The highest BCUT2D eigenvalue weighted by Gasteiger charge is 2.10. The van der Waals surface area contributed by atoms with Gasteiger partial charge in [0.2, 0.25) is 0 Å². The van der Waals surface area contributed by atoms with Gasteiger partial charge in [-0.25, -0.2) is 0 Å². The zero-order valence-corrected chi connectivity index (χ0v) is 9.98. The largest absolute Gasteiger partial charge is 0.395 e. The molecule has 0 bridgehead atoms. The van der Waals surface area contributed by atoms with Crippen LogP contribution in [0.1, 0.15) is 26.7 Å². The van der Waals surface area contributed by atoms with Crippen LogP contribution in [0.3, 0.4) is 0 Å². The van der Waals surface area contributed by atoms with Gasteiger partial charge < -0.3 is 14.9 Å². The maximum atomic E-state index is 9.63. The molecule has 0 aliphatic heterocycles. The average Bonchev–Trinajstić information content (AvgIpc) is 2.23. The Labute approximate surface area is 92.9 Å². The lowest BCUT2D eigenvalue weighted by Gasteiger charge is -2.23. The molecular formula is C11H25NO3. The number of nitrogens with zero attached hydrogens (tertiary/aromatic N) is 1. The van der Waals surface area contributed by atoms with Gasteiger partial charge in [0.1, 0.15) is 0 Å². The quantitative estimate of drug-likeness (QED) is 0.561. The molecule has 15 heavy (non-hydrogen) atoms. The van der Waals surface area contributed by atoms with Gasteiger partial charge in [-0.15, -0.1) is 0 Å². The molecule has 0 aromatic rings. The fourth-order valence-electron chi connectivity index (χ4n) is 1.42. The Morgan fingerprint density at radius 2 is 2.00 bits per heavy atom. The van der Waals surface area contributed by atoms with E-state index in [0.717, 1.165) is 19.4 Å². The number of hydrogen-bond donors (Lipinski definition) is 2. The lowest BCUT2D eigenvalue weighted by molar-refractivity contribution is 0.0181. The Morgan fingerprint density at radius 3 is 2.53 bits per heavy atom. The van der Waals surface area contributed by atoms with Crippen molar-refractivity contribution in [3.8, 4) is 0 Å². The monoisotopic (exact) mass is 219 g/mol. The highest BCUT2D eigenvalue weighted by atomic mass is 16.5. The molecule has 1 atom stereocenters. The minimum absolute atomic E-state index is 0.144. The minimum atomic E-state index is -0.451. The van der Waals surface area contributed by atoms with Crippen LogP contribution in [-0.2, 0) is 4.74 Å². The highest BCUT2D eigenvalue weighted by molar-refractivity contribution is 4.64. The molecule has 92 valence electrons. The second-order valence-corrected chi connectivity index (χ2v) is 3.69. The fraction of sp³-hybridized carbons (Fsp3) is 1.00. The van der Waals surface area contributed by atoms with Gasteiger partial charge in [-0.1, -0.05) is 13.3 Å². The molecule has 0 aromatic carbocycles. The smallest absolute Gasteiger partial charge is 0.0900 e. The number of rotatable bonds is 10. The van der Waals surface area contributed by atoms with E-state index in [2.05, 4.69) is 11.8 Å². The molecule has 4 nitrogen and oxygen atoms in total. The van der Waals surface area contributed by atoms with Crippen molar-refractivity contribution in [1.82, 2.24) is 4.90 Å². The van der Waals surface area contributed by atoms with Crippen LogP contribution in [0.5, 0.6) is 0 Å². The minimum Gasteiger partial charge on any atom is -0.395 e. The van der Waals surface area contributed by atoms with Crippen LogP contribution in [0.4, 0.5) is 0 Å². The molecule has 0 aliphatic rings. The summed E-state index contributed by atoms with van der Waals surface area (Å²) >= 11 is 0. The van der Waals surface area contributed by atoms with Gasteiger partial charge in [0.25, 0.3) is 0 Å². The molecule has 0 aliphatic carbocycles. The predicted molar refractivity (Wildman–Crippen MR) is 60.9 cm³/mol. The molecule has 0 aromatic heterocycles. The first-order chi connectivity index (χ1) is 7.24. The van der Waals surface area contributed by atoms with Gasteiger partial charge in [-0.05, 0) is 19.9 Å². The first-order valence-electron chi connectivity index (χ1n) is 5.83. The van der Waals surface area contributed by atoms with E-state index in [9.17, 15) is 5.11 Å². The molecular weight excluding hydrogens is 194 g/mol. The topological polar surface area (TPSA) is 52.9 Å². The Balaban J connectivity index is 3.70. The third-order valence-corrected chi connectivity index (χ3v) is 2.23. The first kappa shape index (κ1) is 14.8. The maximum absolute atomic E-state index is 9.63. The Bertz CT molecular complexity index is 133. The second kappa shape index (κ2) is 10.4.